The zero-order valence-corrected chi connectivity index (χ0v) is 15.8. The molecule has 132 valence electrons. The topological polar surface area (TPSA) is 49.4 Å². The Morgan fingerprint density at radius 3 is 2.40 bits per heavy atom. The Bertz CT molecular complexity index is 779. The van der Waals surface area contributed by atoms with E-state index >= 15 is 0 Å². The number of amides is 2. The molecule has 0 radical (unpaired) electrons. The minimum absolute atomic E-state index is 0.0945. The molecule has 1 N–H and O–H groups in total. The van der Waals surface area contributed by atoms with Crippen LogP contribution in [0.15, 0.2) is 36.4 Å². The highest BCUT2D eigenvalue weighted by molar-refractivity contribution is 6.34. The van der Waals surface area contributed by atoms with Gasteiger partial charge in [-0.15, -0.1) is 0 Å². The van der Waals surface area contributed by atoms with E-state index in [-0.39, 0.29) is 18.2 Å². The molecule has 0 aliphatic heterocycles. The summed E-state index contributed by atoms with van der Waals surface area (Å²) in [6.45, 7) is 7.64. The van der Waals surface area contributed by atoms with Gasteiger partial charge in [-0.2, -0.15) is 0 Å². The number of aryl methyl sites for hydroxylation is 3. The van der Waals surface area contributed by atoms with Gasteiger partial charge in [0, 0.05) is 25.6 Å². The number of halogens is 1. The second-order valence-corrected chi connectivity index (χ2v) is 6.65. The first-order chi connectivity index (χ1) is 11.8. The van der Waals surface area contributed by atoms with Gasteiger partial charge in [-0.3, -0.25) is 9.59 Å². The Kier molecular flexibility index (Phi) is 6.21. The van der Waals surface area contributed by atoms with E-state index < -0.39 is 0 Å². The SMILES string of the molecule is CC(=O)N(CCC(=O)Nc1c(C)cc(C)cc1Cl)c1cccc(C)c1. The summed E-state index contributed by atoms with van der Waals surface area (Å²) < 4.78 is 0. The smallest absolute Gasteiger partial charge is 0.226 e. The van der Waals surface area contributed by atoms with E-state index in [1.807, 2.05) is 57.2 Å². The Labute approximate surface area is 153 Å². The van der Waals surface area contributed by atoms with Crippen molar-refractivity contribution in [1.82, 2.24) is 0 Å². The van der Waals surface area contributed by atoms with Gasteiger partial charge in [0.2, 0.25) is 11.8 Å². The van der Waals surface area contributed by atoms with Crippen molar-refractivity contribution in [3.63, 3.8) is 0 Å². The maximum absolute atomic E-state index is 12.3. The van der Waals surface area contributed by atoms with Crippen molar-refractivity contribution in [3.8, 4) is 0 Å². The van der Waals surface area contributed by atoms with Gasteiger partial charge in [0.25, 0.3) is 0 Å². The quantitative estimate of drug-likeness (QED) is 0.845. The van der Waals surface area contributed by atoms with Gasteiger partial charge in [-0.05, 0) is 55.7 Å². The van der Waals surface area contributed by atoms with Crippen LogP contribution in [-0.4, -0.2) is 18.4 Å². The first-order valence-corrected chi connectivity index (χ1v) is 8.57. The first kappa shape index (κ1) is 19.0. The predicted molar refractivity (Wildman–Crippen MR) is 103 cm³/mol. The number of benzene rings is 2. The minimum atomic E-state index is -0.173. The Balaban J connectivity index is 2.06. The number of rotatable bonds is 5. The van der Waals surface area contributed by atoms with Crippen molar-refractivity contribution in [2.75, 3.05) is 16.8 Å². The maximum atomic E-state index is 12.3. The van der Waals surface area contributed by atoms with E-state index in [1.54, 1.807) is 4.90 Å². The number of hydrogen-bond acceptors (Lipinski definition) is 2. The van der Waals surface area contributed by atoms with Gasteiger partial charge < -0.3 is 10.2 Å². The summed E-state index contributed by atoms with van der Waals surface area (Å²) in [6.07, 6.45) is 0.192. The molecule has 2 rings (SSSR count). The molecule has 4 nitrogen and oxygen atoms in total. The average molecular weight is 359 g/mol. The molecular weight excluding hydrogens is 336 g/mol. The molecule has 0 fully saturated rings. The average Bonchev–Trinajstić information content (AvgIpc) is 2.51. The van der Waals surface area contributed by atoms with Gasteiger partial charge in [-0.25, -0.2) is 0 Å². The summed E-state index contributed by atoms with van der Waals surface area (Å²) >= 11 is 6.23. The molecule has 0 saturated heterocycles. The second-order valence-electron chi connectivity index (χ2n) is 6.25. The van der Waals surface area contributed by atoms with Crippen LogP contribution >= 0.6 is 11.6 Å². The van der Waals surface area contributed by atoms with E-state index in [2.05, 4.69) is 5.32 Å². The van der Waals surface area contributed by atoms with Crippen LogP contribution in [0.2, 0.25) is 5.02 Å². The summed E-state index contributed by atoms with van der Waals surface area (Å²) in [4.78, 5) is 25.9. The molecule has 0 heterocycles. The van der Waals surface area contributed by atoms with Crippen LogP contribution in [-0.2, 0) is 9.59 Å². The summed E-state index contributed by atoms with van der Waals surface area (Å²) in [6, 6.07) is 11.5. The number of nitrogens with zero attached hydrogens (tertiary/aromatic N) is 1. The molecule has 0 saturated carbocycles. The number of anilines is 2. The molecule has 0 aliphatic rings. The Morgan fingerprint density at radius 2 is 1.80 bits per heavy atom. The van der Waals surface area contributed by atoms with Crippen LogP contribution in [0.25, 0.3) is 0 Å². The fourth-order valence-electron chi connectivity index (χ4n) is 2.75. The summed E-state index contributed by atoms with van der Waals surface area (Å²) in [7, 11) is 0. The van der Waals surface area contributed by atoms with Crippen molar-refractivity contribution < 1.29 is 9.59 Å². The molecule has 2 aromatic rings. The van der Waals surface area contributed by atoms with Gasteiger partial charge in [-0.1, -0.05) is 29.8 Å². The van der Waals surface area contributed by atoms with Crippen LogP contribution in [0.4, 0.5) is 11.4 Å². The van der Waals surface area contributed by atoms with Crippen LogP contribution < -0.4 is 10.2 Å². The number of carbonyl (C=O) groups is 2. The lowest BCUT2D eigenvalue weighted by molar-refractivity contribution is -0.117. The third kappa shape index (κ3) is 5.07. The lowest BCUT2D eigenvalue weighted by Crippen LogP contribution is -2.32. The highest BCUT2D eigenvalue weighted by atomic mass is 35.5. The van der Waals surface area contributed by atoms with Gasteiger partial charge in [0.1, 0.15) is 0 Å². The van der Waals surface area contributed by atoms with Crippen molar-refractivity contribution >= 4 is 34.8 Å². The van der Waals surface area contributed by atoms with E-state index in [0.717, 1.165) is 22.4 Å². The second kappa shape index (κ2) is 8.17. The molecule has 0 atom stereocenters. The Morgan fingerprint density at radius 1 is 1.08 bits per heavy atom. The molecule has 0 aliphatic carbocycles. The summed E-state index contributed by atoms with van der Waals surface area (Å²) in [5.74, 6) is -0.268. The van der Waals surface area contributed by atoms with E-state index in [9.17, 15) is 9.59 Å². The molecule has 0 aromatic heterocycles. The third-order valence-electron chi connectivity index (χ3n) is 3.95. The zero-order chi connectivity index (χ0) is 18.6. The monoisotopic (exact) mass is 358 g/mol. The van der Waals surface area contributed by atoms with Crippen LogP contribution in [0.5, 0.6) is 0 Å². The van der Waals surface area contributed by atoms with Crippen molar-refractivity contribution in [2.45, 2.75) is 34.1 Å². The largest absolute Gasteiger partial charge is 0.324 e. The normalized spacial score (nSPS) is 10.4. The predicted octanol–water partition coefficient (Wildman–Crippen LogP) is 4.65. The van der Waals surface area contributed by atoms with Crippen LogP contribution in [0.1, 0.15) is 30.0 Å². The highest BCUT2D eigenvalue weighted by Gasteiger charge is 2.15. The molecule has 0 bridgehead atoms. The molecule has 2 aromatic carbocycles. The van der Waals surface area contributed by atoms with Crippen LogP contribution in [0, 0.1) is 20.8 Å². The third-order valence-corrected chi connectivity index (χ3v) is 4.25. The standard InChI is InChI=1S/C20H23ClN2O2/c1-13-6-5-7-17(11-13)23(16(4)24)9-8-19(25)22-20-15(3)10-14(2)12-18(20)21/h5-7,10-12H,8-9H2,1-4H3,(H,22,25). The first-order valence-electron chi connectivity index (χ1n) is 8.19. The van der Waals surface area contributed by atoms with Gasteiger partial charge >= 0.3 is 0 Å². The zero-order valence-electron chi connectivity index (χ0n) is 15.0. The van der Waals surface area contributed by atoms with Gasteiger partial charge in [0.05, 0.1) is 10.7 Å². The summed E-state index contributed by atoms with van der Waals surface area (Å²) in [5, 5.41) is 3.38. The fourth-order valence-corrected chi connectivity index (χ4v) is 3.12. The summed E-state index contributed by atoms with van der Waals surface area (Å²) in [5.41, 5.74) is 4.45. The van der Waals surface area contributed by atoms with Crippen molar-refractivity contribution in [1.29, 1.82) is 0 Å². The lowest BCUT2D eigenvalue weighted by Gasteiger charge is -2.21. The molecule has 2 amide bonds. The highest BCUT2D eigenvalue weighted by Crippen LogP contribution is 2.27. The van der Waals surface area contributed by atoms with Gasteiger partial charge in [0.15, 0.2) is 0 Å². The molecule has 25 heavy (non-hydrogen) atoms. The number of carbonyl (C=O) groups excluding carboxylic acids is 2. The molecule has 0 spiro atoms. The fraction of sp³-hybridized carbons (Fsp3) is 0.300. The number of hydrogen-bond donors (Lipinski definition) is 1. The van der Waals surface area contributed by atoms with E-state index in [1.165, 1.54) is 6.92 Å². The maximum Gasteiger partial charge on any atom is 0.226 e. The lowest BCUT2D eigenvalue weighted by atomic mass is 10.1. The molecule has 0 unspecified atom stereocenters. The number of nitrogens with one attached hydrogen (secondary N) is 1. The van der Waals surface area contributed by atoms with Crippen molar-refractivity contribution in [3.05, 3.63) is 58.1 Å². The van der Waals surface area contributed by atoms with E-state index in [4.69, 9.17) is 11.6 Å². The van der Waals surface area contributed by atoms with E-state index in [0.29, 0.717) is 17.3 Å². The molecule has 5 heteroatoms. The minimum Gasteiger partial charge on any atom is -0.324 e. The van der Waals surface area contributed by atoms with Crippen LogP contribution in [0.3, 0.4) is 0 Å². The Hall–Kier alpha value is -2.33. The van der Waals surface area contributed by atoms with Crippen molar-refractivity contribution in [2.24, 2.45) is 0 Å². The molecular formula is C20H23ClN2O2.